The molecule has 6 heteroatoms. The van der Waals surface area contributed by atoms with E-state index >= 15 is 0 Å². The van der Waals surface area contributed by atoms with Crippen molar-refractivity contribution in [1.29, 1.82) is 0 Å². The molecule has 2 aromatic heterocycles. The number of halogens is 2. The summed E-state index contributed by atoms with van der Waals surface area (Å²) in [4.78, 5) is 15.3. The van der Waals surface area contributed by atoms with Gasteiger partial charge in [0.25, 0.3) is 0 Å². The molecular weight excluding hydrogens is 301 g/mol. The number of nitrogens with zero attached hydrogens (tertiary/aromatic N) is 1. The van der Waals surface area contributed by atoms with E-state index < -0.39 is 5.97 Å². The lowest BCUT2D eigenvalue weighted by atomic mass is 10.0. The van der Waals surface area contributed by atoms with Crippen LogP contribution in [0.4, 0.5) is 4.39 Å². The minimum absolute atomic E-state index is 0.193. The van der Waals surface area contributed by atoms with Crippen molar-refractivity contribution in [1.82, 2.24) is 4.98 Å². The van der Waals surface area contributed by atoms with Gasteiger partial charge in [-0.1, -0.05) is 23.7 Å². The molecule has 3 nitrogen and oxygen atoms in total. The Labute approximate surface area is 122 Å². The van der Waals surface area contributed by atoms with Gasteiger partial charge < -0.3 is 5.11 Å². The van der Waals surface area contributed by atoms with Gasteiger partial charge >= 0.3 is 5.97 Å². The SMILES string of the molecule is O=C(O)c1cc2c(-c3ccc(F)cc3)cnc(Cl)c2s1. The van der Waals surface area contributed by atoms with Gasteiger partial charge in [-0.25, -0.2) is 14.2 Å². The number of rotatable bonds is 2. The first-order valence-corrected chi connectivity index (χ1v) is 6.83. The zero-order valence-electron chi connectivity index (χ0n) is 9.93. The summed E-state index contributed by atoms with van der Waals surface area (Å²) in [7, 11) is 0. The third kappa shape index (κ3) is 2.15. The number of aromatic nitrogens is 1. The summed E-state index contributed by atoms with van der Waals surface area (Å²) in [5.41, 5.74) is 1.49. The number of pyridine rings is 1. The monoisotopic (exact) mass is 307 g/mol. The Morgan fingerprint density at radius 2 is 2.00 bits per heavy atom. The van der Waals surface area contributed by atoms with E-state index in [0.29, 0.717) is 10.1 Å². The minimum atomic E-state index is -1.01. The molecule has 3 aromatic rings. The normalized spacial score (nSPS) is 10.9. The van der Waals surface area contributed by atoms with E-state index in [-0.39, 0.29) is 15.8 Å². The largest absolute Gasteiger partial charge is 0.477 e. The first kappa shape index (κ1) is 13.0. The molecule has 1 aromatic carbocycles. The van der Waals surface area contributed by atoms with Crippen LogP contribution in [0.3, 0.4) is 0 Å². The Morgan fingerprint density at radius 3 is 2.65 bits per heavy atom. The van der Waals surface area contributed by atoms with Crippen LogP contribution in [0.5, 0.6) is 0 Å². The Hall–Kier alpha value is -1.98. The predicted octanol–water partition coefficient (Wildman–Crippen LogP) is 4.45. The summed E-state index contributed by atoms with van der Waals surface area (Å²) >= 11 is 7.08. The van der Waals surface area contributed by atoms with Crippen molar-refractivity contribution >= 4 is 39.0 Å². The molecule has 0 radical (unpaired) electrons. The van der Waals surface area contributed by atoms with Crippen molar-refractivity contribution in [2.75, 3.05) is 0 Å². The molecule has 0 fully saturated rings. The molecule has 100 valence electrons. The third-order valence-corrected chi connectivity index (χ3v) is 4.41. The van der Waals surface area contributed by atoms with Gasteiger partial charge in [0.15, 0.2) is 0 Å². The fourth-order valence-corrected chi connectivity index (χ4v) is 3.12. The molecule has 0 aliphatic heterocycles. The number of hydrogen-bond acceptors (Lipinski definition) is 3. The number of aromatic carboxylic acids is 1. The van der Waals surface area contributed by atoms with Gasteiger partial charge in [0, 0.05) is 17.1 Å². The first-order valence-electron chi connectivity index (χ1n) is 5.63. The summed E-state index contributed by atoms with van der Waals surface area (Å²) in [5, 5.41) is 10.0. The molecule has 0 saturated carbocycles. The molecule has 0 amide bonds. The smallest absolute Gasteiger partial charge is 0.345 e. The summed E-state index contributed by atoms with van der Waals surface area (Å²) in [5.74, 6) is -1.34. The Balaban J connectivity index is 2.28. The lowest BCUT2D eigenvalue weighted by Crippen LogP contribution is -1.89. The maximum Gasteiger partial charge on any atom is 0.345 e. The van der Waals surface area contributed by atoms with Gasteiger partial charge in [0.05, 0.1) is 4.70 Å². The molecule has 0 aliphatic rings. The molecule has 0 bridgehead atoms. The lowest BCUT2D eigenvalue weighted by molar-refractivity contribution is 0.0702. The molecule has 0 saturated heterocycles. The molecule has 2 heterocycles. The van der Waals surface area contributed by atoms with Crippen LogP contribution < -0.4 is 0 Å². The highest BCUT2D eigenvalue weighted by molar-refractivity contribution is 7.21. The number of hydrogen-bond donors (Lipinski definition) is 1. The van der Waals surface area contributed by atoms with Crippen LogP contribution in [-0.2, 0) is 0 Å². The fourth-order valence-electron chi connectivity index (χ4n) is 1.96. The Kier molecular flexibility index (Phi) is 3.16. The van der Waals surface area contributed by atoms with Gasteiger partial charge in [-0.2, -0.15) is 0 Å². The second kappa shape index (κ2) is 4.85. The number of benzene rings is 1. The molecule has 0 spiro atoms. The molecular formula is C14H7ClFNO2S. The zero-order chi connectivity index (χ0) is 14.3. The maximum atomic E-state index is 13.0. The van der Waals surface area contributed by atoms with Crippen LogP contribution in [0.1, 0.15) is 9.67 Å². The zero-order valence-corrected chi connectivity index (χ0v) is 11.5. The number of carbonyl (C=O) groups is 1. The highest BCUT2D eigenvalue weighted by Gasteiger charge is 2.15. The van der Waals surface area contributed by atoms with E-state index in [1.165, 1.54) is 12.1 Å². The summed E-state index contributed by atoms with van der Waals surface area (Å²) in [6.45, 7) is 0. The molecule has 0 unspecified atom stereocenters. The van der Waals surface area contributed by atoms with Crippen molar-refractivity contribution in [2.24, 2.45) is 0 Å². The van der Waals surface area contributed by atoms with Crippen molar-refractivity contribution in [3.05, 3.63) is 52.4 Å². The summed E-state index contributed by atoms with van der Waals surface area (Å²) in [6.07, 6.45) is 1.57. The number of fused-ring (bicyclic) bond motifs is 1. The molecule has 0 atom stereocenters. The molecule has 3 rings (SSSR count). The van der Waals surface area contributed by atoms with Crippen molar-refractivity contribution in [2.45, 2.75) is 0 Å². The van der Waals surface area contributed by atoms with Crippen LogP contribution in [-0.4, -0.2) is 16.1 Å². The van der Waals surface area contributed by atoms with E-state index in [9.17, 15) is 9.18 Å². The van der Waals surface area contributed by atoms with Crippen molar-refractivity contribution in [3.8, 4) is 11.1 Å². The first-order chi connectivity index (χ1) is 9.56. The predicted molar refractivity (Wildman–Crippen MR) is 77.0 cm³/mol. The van der Waals surface area contributed by atoms with Gasteiger partial charge in [0.2, 0.25) is 0 Å². The second-order valence-electron chi connectivity index (χ2n) is 4.13. The van der Waals surface area contributed by atoms with E-state index in [1.54, 1.807) is 24.4 Å². The maximum absolute atomic E-state index is 13.0. The second-order valence-corrected chi connectivity index (χ2v) is 5.54. The quantitative estimate of drug-likeness (QED) is 0.711. The van der Waals surface area contributed by atoms with E-state index in [1.807, 2.05) is 0 Å². The van der Waals surface area contributed by atoms with Gasteiger partial charge in [0.1, 0.15) is 15.8 Å². The van der Waals surface area contributed by atoms with Crippen LogP contribution in [0.15, 0.2) is 36.5 Å². The molecule has 20 heavy (non-hydrogen) atoms. The Morgan fingerprint density at radius 1 is 1.30 bits per heavy atom. The van der Waals surface area contributed by atoms with Crippen LogP contribution >= 0.6 is 22.9 Å². The topological polar surface area (TPSA) is 50.2 Å². The number of carboxylic acid groups (broad SMARTS) is 1. The minimum Gasteiger partial charge on any atom is -0.477 e. The highest BCUT2D eigenvalue weighted by Crippen LogP contribution is 2.37. The third-order valence-electron chi connectivity index (χ3n) is 2.88. The van der Waals surface area contributed by atoms with Gasteiger partial charge in [-0.3, -0.25) is 0 Å². The van der Waals surface area contributed by atoms with E-state index in [4.69, 9.17) is 16.7 Å². The number of carboxylic acids is 1. The number of thiophene rings is 1. The molecule has 0 aliphatic carbocycles. The van der Waals surface area contributed by atoms with E-state index in [0.717, 1.165) is 22.5 Å². The average molecular weight is 308 g/mol. The van der Waals surface area contributed by atoms with E-state index in [2.05, 4.69) is 4.98 Å². The Bertz CT molecular complexity index is 814. The summed E-state index contributed by atoms with van der Waals surface area (Å²) in [6, 6.07) is 7.50. The lowest BCUT2D eigenvalue weighted by Gasteiger charge is -2.04. The highest BCUT2D eigenvalue weighted by atomic mass is 35.5. The van der Waals surface area contributed by atoms with Crippen LogP contribution in [0.25, 0.3) is 21.2 Å². The molecule has 1 N–H and O–H groups in total. The van der Waals surface area contributed by atoms with Crippen molar-refractivity contribution in [3.63, 3.8) is 0 Å². The fraction of sp³-hybridized carbons (Fsp3) is 0. The standard InChI is InChI=1S/C14H7ClFNO2S/c15-13-12-9(5-11(20-12)14(18)19)10(6-17-13)7-1-3-8(16)4-2-7/h1-6H,(H,18,19). The van der Waals surface area contributed by atoms with Crippen molar-refractivity contribution < 1.29 is 14.3 Å². The summed E-state index contributed by atoms with van der Waals surface area (Å²) < 4.78 is 13.6. The average Bonchev–Trinajstić information content (AvgIpc) is 2.87. The van der Waals surface area contributed by atoms with Crippen LogP contribution in [0, 0.1) is 5.82 Å². The van der Waals surface area contributed by atoms with Gasteiger partial charge in [-0.05, 0) is 23.8 Å². The van der Waals surface area contributed by atoms with Gasteiger partial charge in [-0.15, -0.1) is 11.3 Å². The van der Waals surface area contributed by atoms with Crippen LogP contribution in [0.2, 0.25) is 5.15 Å².